The van der Waals surface area contributed by atoms with E-state index in [9.17, 15) is 0 Å². The SMILES string of the molecule is Cc1[nH]c(C2CCC(C)(C)CC2)nc(=S)c1Br. The summed E-state index contributed by atoms with van der Waals surface area (Å²) in [7, 11) is 0. The first-order valence-electron chi connectivity index (χ1n) is 6.15. The highest BCUT2D eigenvalue weighted by Crippen LogP contribution is 2.41. The molecule has 0 saturated heterocycles. The Morgan fingerprint density at radius 2 is 1.94 bits per heavy atom. The first kappa shape index (κ1) is 13.2. The van der Waals surface area contributed by atoms with Gasteiger partial charge < -0.3 is 4.98 Å². The normalized spacial score (nSPS) is 20.5. The third-order valence-electron chi connectivity index (χ3n) is 3.78. The molecule has 4 heteroatoms. The van der Waals surface area contributed by atoms with Gasteiger partial charge in [-0.15, -0.1) is 0 Å². The smallest absolute Gasteiger partial charge is 0.144 e. The van der Waals surface area contributed by atoms with Crippen LogP contribution in [0.15, 0.2) is 4.47 Å². The number of hydrogen-bond acceptors (Lipinski definition) is 2. The molecule has 1 N–H and O–H groups in total. The molecule has 1 fully saturated rings. The zero-order valence-electron chi connectivity index (χ0n) is 10.6. The molecule has 1 aromatic heterocycles. The number of H-pyrrole nitrogens is 1. The van der Waals surface area contributed by atoms with Gasteiger partial charge in [-0.1, -0.05) is 26.1 Å². The summed E-state index contributed by atoms with van der Waals surface area (Å²) in [5, 5.41) is 0. The lowest BCUT2D eigenvalue weighted by Crippen LogP contribution is -2.21. The van der Waals surface area contributed by atoms with Crippen LogP contribution in [0.1, 0.15) is 57.0 Å². The highest BCUT2D eigenvalue weighted by Gasteiger charge is 2.28. The van der Waals surface area contributed by atoms with Crippen molar-refractivity contribution in [2.24, 2.45) is 5.41 Å². The molecule has 1 aliphatic carbocycles. The zero-order chi connectivity index (χ0) is 12.6. The van der Waals surface area contributed by atoms with Crippen LogP contribution in [-0.4, -0.2) is 9.97 Å². The summed E-state index contributed by atoms with van der Waals surface area (Å²) in [5.74, 6) is 1.63. The van der Waals surface area contributed by atoms with Crippen molar-refractivity contribution < 1.29 is 0 Å². The summed E-state index contributed by atoms with van der Waals surface area (Å²) in [5.41, 5.74) is 1.59. The van der Waals surface area contributed by atoms with E-state index in [1.165, 1.54) is 25.7 Å². The maximum atomic E-state index is 5.26. The van der Waals surface area contributed by atoms with Crippen LogP contribution in [0.3, 0.4) is 0 Å². The molecule has 17 heavy (non-hydrogen) atoms. The number of aryl methyl sites for hydroxylation is 1. The number of nitrogens with one attached hydrogen (secondary N) is 1. The summed E-state index contributed by atoms with van der Waals surface area (Å²) in [6, 6.07) is 0. The van der Waals surface area contributed by atoms with Crippen molar-refractivity contribution in [1.29, 1.82) is 0 Å². The number of rotatable bonds is 1. The number of aromatic nitrogens is 2. The number of halogens is 1. The Hall–Kier alpha value is -0.220. The van der Waals surface area contributed by atoms with E-state index in [2.05, 4.69) is 39.7 Å². The minimum absolute atomic E-state index is 0.498. The number of aromatic amines is 1. The van der Waals surface area contributed by atoms with Crippen LogP contribution in [-0.2, 0) is 0 Å². The monoisotopic (exact) mass is 314 g/mol. The molecule has 0 aliphatic heterocycles. The van der Waals surface area contributed by atoms with Gasteiger partial charge in [-0.3, -0.25) is 0 Å². The van der Waals surface area contributed by atoms with Crippen LogP contribution < -0.4 is 0 Å². The van der Waals surface area contributed by atoms with Crippen LogP contribution in [0.5, 0.6) is 0 Å². The van der Waals surface area contributed by atoms with E-state index in [1.807, 2.05) is 6.92 Å². The van der Waals surface area contributed by atoms with Gasteiger partial charge in [0.25, 0.3) is 0 Å². The van der Waals surface area contributed by atoms with Gasteiger partial charge in [0.1, 0.15) is 10.5 Å². The lowest BCUT2D eigenvalue weighted by molar-refractivity contribution is 0.220. The van der Waals surface area contributed by atoms with Crippen molar-refractivity contribution >= 4 is 28.1 Å². The van der Waals surface area contributed by atoms with Gasteiger partial charge in [0.05, 0.1) is 4.47 Å². The number of nitrogens with zero attached hydrogens (tertiary/aromatic N) is 1. The Bertz CT molecular complexity index is 469. The van der Waals surface area contributed by atoms with Gasteiger partial charge in [-0.2, -0.15) is 0 Å². The van der Waals surface area contributed by atoms with Crippen LogP contribution in [0.4, 0.5) is 0 Å². The molecule has 2 nitrogen and oxygen atoms in total. The fourth-order valence-electron chi connectivity index (χ4n) is 2.46. The first-order valence-corrected chi connectivity index (χ1v) is 7.35. The van der Waals surface area contributed by atoms with E-state index in [4.69, 9.17) is 12.2 Å². The van der Waals surface area contributed by atoms with Gasteiger partial charge in [0, 0.05) is 11.6 Å². The van der Waals surface area contributed by atoms with Gasteiger partial charge in [0.2, 0.25) is 0 Å². The predicted octanol–water partition coefficient (Wildman–Crippen LogP) is 4.89. The maximum absolute atomic E-state index is 5.26. The largest absolute Gasteiger partial charge is 0.346 e. The maximum Gasteiger partial charge on any atom is 0.144 e. The Labute approximate surface area is 116 Å². The van der Waals surface area contributed by atoms with E-state index < -0.39 is 0 Å². The molecule has 1 aromatic rings. The molecular weight excluding hydrogens is 296 g/mol. The van der Waals surface area contributed by atoms with Crippen molar-refractivity contribution in [3.63, 3.8) is 0 Å². The molecule has 1 aliphatic rings. The Morgan fingerprint density at radius 1 is 1.35 bits per heavy atom. The minimum Gasteiger partial charge on any atom is -0.346 e. The van der Waals surface area contributed by atoms with Crippen molar-refractivity contribution in [2.45, 2.75) is 52.4 Å². The summed E-state index contributed by atoms with van der Waals surface area (Å²) < 4.78 is 1.61. The topological polar surface area (TPSA) is 28.7 Å². The van der Waals surface area contributed by atoms with Crippen molar-refractivity contribution in [3.8, 4) is 0 Å². The standard InChI is InChI=1S/C13H19BrN2S/c1-8-10(14)12(17)16-11(15-8)9-4-6-13(2,3)7-5-9/h9H,4-7H2,1-3H3,(H,15,16,17). The van der Waals surface area contributed by atoms with Crippen LogP contribution >= 0.6 is 28.1 Å². The third kappa shape index (κ3) is 2.97. The van der Waals surface area contributed by atoms with Crippen molar-refractivity contribution in [1.82, 2.24) is 9.97 Å². The minimum atomic E-state index is 0.498. The van der Waals surface area contributed by atoms with Crippen LogP contribution in [0, 0.1) is 17.0 Å². The van der Waals surface area contributed by atoms with Crippen LogP contribution in [0.2, 0.25) is 0 Å². The Kier molecular flexibility index (Phi) is 3.74. The van der Waals surface area contributed by atoms with E-state index in [0.717, 1.165) is 16.0 Å². The average Bonchev–Trinajstić information content (AvgIpc) is 2.25. The highest BCUT2D eigenvalue weighted by atomic mass is 79.9. The summed E-state index contributed by atoms with van der Waals surface area (Å²) >= 11 is 8.72. The van der Waals surface area contributed by atoms with Crippen molar-refractivity contribution in [3.05, 3.63) is 20.6 Å². The Balaban J connectivity index is 2.22. The first-order chi connectivity index (χ1) is 7.89. The molecule has 0 amide bonds. The molecule has 2 rings (SSSR count). The molecule has 0 unspecified atom stereocenters. The van der Waals surface area contributed by atoms with Gasteiger partial charge in [0.15, 0.2) is 0 Å². The van der Waals surface area contributed by atoms with Gasteiger partial charge >= 0.3 is 0 Å². The average molecular weight is 315 g/mol. The Morgan fingerprint density at radius 3 is 2.47 bits per heavy atom. The second kappa shape index (κ2) is 4.81. The molecule has 1 heterocycles. The van der Waals surface area contributed by atoms with Gasteiger partial charge in [-0.05, 0) is 54.0 Å². The molecule has 0 atom stereocenters. The molecule has 0 spiro atoms. The lowest BCUT2D eigenvalue weighted by Gasteiger charge is -2.33. The molecular formula is C13H19BrN2S. The number of hydrogen-bond donors (Lipinski definition) is 1. The van der Waals surface area contributed by atoms with Crippen molar-refractivity contribution in [2.75, 3.05) is 0 Å². The predicted molar refractivity (Wildman–Crippen MR) is 76.8 cm³/mol. The van der Waals surface area contributed by atoms with Gasteiger partial charge in [-0.25, -0.2) is 4.98 Å². The summed E-state index contributed by atoms with van der Waals surface area (Å²) in [6.07, 6.45) is 4.98. The highest BCUT2D eigenvalue weighted by molar-refractivity contribution is 9.10. The molecule has 0 bridgehead atoms. The second-order valence-electron chi connectivity index (χ2n) is 5.80. The molecule has 0 radical (unpaired) electrons. The summed E-state index contributed by atoms with van der Waals surface area (Å²) in [6.45, 7) is 6.75. The lowest BCUT2D eigenvalue weighted by atomic mass is 9.73. The molecule has 94 valence electrons. The fourth-order valence-corrected chi connectivity index (χ4v) is 2.90. The molecule has 1 saturated carbocycles. The fraction of sp³-hybridized carbons (Fsp3) is 0.692. The van der Waals surface area contributed by atoms with E-state index in [-0.39, 0.29) is 0 Å². The third-order valence-corrected chi connectivity index (χ3v) is 5.31. The van der Waals surface area contributed by atoms with E-state index in [0.29, 0.717) is 16.0 Å². The van der Waals surface area contributed by atoms with E-state index in [1.54, 1.807) is 0 Å². The zero-order valence-corrected chi connectivity index (χ0v) is 13.0. The van der Waals surface area contributed by atoms with Crippen LogP contribution in [0.25, 0.3) is 0 Å². The second-order valence-corrected chi connectivity index (χ2v) is 6.98. The summed E-state index contributed by atoms with van der Waals surface area (Å²) in [4.78, 5) is 7.91. The molecule has 0 aromatic carbocycles. The quantitative estimate of drug-likeness (QED) is 0.747. The van der Waals surface area contributed by atoms with E-state index >= 15 is 0 Å².